The Morgan fingerprint density at radius 3 is 2.67 bits per heavy atom. The lowest BCUT2D eigenvalue weighted by molar-refractivity contribution is 0.102. The van der Waals surface area contributed by atoms with Crippen molar-refractivity contribution in [2.24, 2.45) is 0 Å². The van der Waals surface area contributed by atoms with Crippen LogP contribution in [0.4, 0.5) is 10.3 Å². The summed E-state index contributed by atoms with van der Waals surface area (Å²) in [5, 5.41) is 8.83. The smallest absolute Gasteiger partial charge is 0.268 e. The summed E-state index contributed by atoms with van der Waals surface area (Å²) >= 11 is 1.34. The minimum absolute atomic E-state index is 0.216. The molecule has 152 valence electrons. The zero-order chi connectivity index (χ0) is 20.9. The average Bonchev–Trinajstić information content (AvgIpc) is 3.39. The van der Waals surface area contributed by atoms with Crippen molar-refractivity contribution in [1.82, 2.24) is 14.8 Å². The van der Waals surface area contributed by atoms with Crippen molar-refractivity contribution >= 4 is 23.2 Å². The molecule has 6 nitrogen and oxygen atoms in total. The Labute approximate surface area is 177 Å². The van der Waals surface area contributed by atoms with Crippen LogP contribution >= 0.6 is 11.3 Å². The van der Waals surface area contributed by atoms with E-state index in [9.17, 15) is 9.18 Å². The van der Waals surface area contributed by atoms with E-state index in [0.717, 1.165) is 16.9 Å². The van der Waals surface area contributed by atoms with Crippen LogP contribution in [0.1, 0.15) is 26.4 Å². The second-order valence-corrected chi connectivity index (χ2v) is 7.68. The normalized spacial score (nSPS) is 10.7. The third kappa shape index (κ3) is 5.09. The van der Waals surface area contributed by atoms with Crippen molar-refractivity contribution < 1.29 is 13.9 Å². The number of nitrogens with one attached hydrogen (secondary N) is 1. The van der Waals surface area contributed by atoms with Crippen molar-refractivity contribution in [2.45, 2.75) is 20.1 Å². The van der Waals surface area contributed by atoms with Gasteiger partial charge < -0.3 is 4.74 Å². The van der Waals surface area contributed by atoms with Gasteiger partial charge in [0.2, 0.25) is 5.95 Å². The molecule has 0 saturated heterocycles. The van der Waals surface area contributed by atoms with E-state index in [1.165, 1.54) is 35.4 Å². The number of ether oxygens (including phenoxy) is 1. The van der Waals surface area contributed by atoms with Gasteiger partial charge in [-0.25, -0.2) is 14.1 Å². The number of thiophene rings is 1. The Kier molecular flexibility index (Phi) is 5.85. The van der Waals surface area contributed by atoms with Crippen LogP contribution in [-0.2, 0) is 13.2 Å². The first-order valence-corrected chi connectivity index (χ1v) is 10.2. The van der Waals surface area contributed by atoms with Crippen LogP contribution in [0.2, 0.25) is 0 Å². The molecule has 4 rings (SSSR count). The summed E-state index contributed by atoms with van der Waals surface area (Å²) in [5.41, 5.74) is 2.97. The molecular weight excluding hydrogens is 403 g/mol. The molecule has 0 radical (unpaired) electrons. The molecule has 0 saturated carbocycles. The first-order chi connectivity index (χ1) is 14.5. The van der Waals surface area contributed by atoms with Gasteiger partial charge in [-0.05, 0) is 48.2 Å². The molecule has 2 aromatic carbocycles. The van der Waals surface area contributed by atoms with Crippen molar-refractivity contribution in [3.05, 3.63) is 93.7 Å². The Morgan fingerprint density at radius 2 is 1.90 bits per heavy atom. The number of anilines is 1. The molecule has 1 N–H and O–H groups in total. The Balaban J connectivity index is 1.32. The van der Waals surface area contributed by atoms with Crippen LogP contribution < -0.4 is 10.1 Å². The number of hydrogen-bond acceptors (Lipinski definition) is 5. The molecule has 0 aliphatic rings. The number of benzene rings is 2. The molecule has 0 aliphatic heterocycles. The standard InChI is InChI=1S/C22H19FN4O2S/c1-15-2-8-19(9-3-15)29-12-17-10-20(30-13-17)21(28)25-22-24-14-27(26-22)11-16-4-6-18(23)7-5-16/h2-10,13-14H,11-12H2,1H3,(H,25,26,28). The van der Waals surface area contributed by atoms with Crippen molar-refractivity contribution in [3.63, 3.8) is 0 Å². The Hall–Kier alpha value is -3.52. The fourth-order valence-corrected chi connectivity index (χ4v) is 3.53. The van der Waals surface area contributed by atoms with Crippen LogP contribution in [-0.4, -0.2) is 20.7 Å². The number of rotatable bonds is 7. The third-order valence-corrected chi connectivity index (χ3v) is 5.30. The number of aromatic nitrogens is 3. The molecule has 8 heteroatoms. The van der Waals surface area contributed by atoms with Gasteiger partial charge in [-0.3, -0.25) is 10.1 Å². The maximum atomic E-state index is 13.0. The largest absolute Gasteiger partial charge is 0.489 e. The highest BCUT2D eigenvalue weighted by Crippen LogP contribution is 2.19. The molecule has 0 fully saturated rings. The number of amides is 1. The summed E-state index contributed by atoms with van der Waals surface area (Å²) in [5.74, 6) is 0.438. The molecule has 4 aromatic rings. The summed E-state index contributed by atoms with van der Waals surface area (Å²) in [6.45, 7) is 2.84. The number of halogens is 1. The van der Waals surface area contributed by atoms with Gasteiger partial charge in [-0.1, -0.05) is 29.8 Å². The lowest BCUT2D eigenvalue weighted by Crippen LogP contribution is -2.12. The van der Waals surface area contributed by atoms with Gasteiger partial charge in [0.15, 0.2) is 0 Å². The first-order valence-electron chi connectivity index (χ1n) is 9.27. The highest BCUT2D eigenvalue weighted by atomic mass is 32.1. The van der Waals surface area contributed by atoms with Gasteiger partial charge in [0.05, 0.1) is 11.4 Å². The van der Waals surface area contributed by atoms with Gasteiger partial charge in [-0.15, -0.1) is 16.4 Å². The van der Waals surface area contributed by atoms with E-state index in [1.807, 2.05) is 36.6 Å². The van der Waals surface area contributed by atoms with Crippen molar-refractivity contribution in [2.75, 3.05) is 5.32 Å². The minimum Gasteiger partial charge on any atom is -0.489 e. The molecular formula is C22H19FN4O2S. The second-order valence-electron chi connectivity index (χ2n) is 6.77. The quantitative estimate of drug-likeness (QED) is 0.470. The minimum atomic E-state index is -0.287. The zero-order valence-corrected chi connectivity index (χ0v) is 17.0. The monoisotopic (exact) mass is 422 g/mol. The summed E-state index contributed by atoms with van der Waals surface area (Å²) < 4.78 is 20.3. The predicted octanol–water partition coefficient (Wildman–Crippen LogP) is 4.67. The number of aryl methyl sites for hydroxylation is 1. The molecule has 0 atom stereocenters. The van der Waals surface area contributed by atoms with E-state index in [4.69, 9.17) is 4.74 Å². The van der Waals surface area contributed by atoms with Gasteiger partial charge in [0, 0.05) is 5.56 Å². The molecule has 0 unspecified atom stereocenters. The van der Waals surface area contributed by atoms with E-state index in [-0.39, 0.29) is 17.7 Å². The number of carbonyl (C=O) groups excluding carboxylic acids is 1. The SMILES string of the molecule is Cc1ccc(OCc2csc(C(=O)Nc3ncn(Cc4ccc(F)cc4)n3)c2)cc1. The number of carbonyl (C=O) groups is 1. The molecule has 1 amide bonds. The summed E-state index contributed by atoms with van der Waals surface area (Å²) in [6.07, 6.45) is 1.52. The van der Waals surface area contributed by atoms with Crippen molar-refractivity contribution in [3.8, 4) is 5.75 Å². The van der Waals surface area contributed by atoms with Gasteiger partial charge in [0.25, 0.3) is 5.91 Å². The topological polar surface area (TPSA) is 69.0 Å². The van der Waals surface area contributed by atoms with E-state index in [0.29, 0.717) is 18.0 Å². The van der Waals surface area contributed by atoms with Crippen LogP contribution in [0, 0.1) is 12.7 Å². The molecule has 30 heavy (non-hydrogen) atoms. The molecule has 0 spiro atoms. The summed E-state index contributed by atoms with van der Waals surface area (Å²) in [4.78, 5) is 17.1. The molecule has 2 aromatic heterocycles. The Bertz CT molecular complexity index is 1140. The van der Waals surface area contributed by atoms with Crippen molar-refractivity contribution in [1.29, 1.82) is 0 Å². The van der Waals surface area contributed by atoms with Crippen LogP contribution in [0.25, 0.3) is 0 Å². The lowest BCUT2D eigenvalue weighted by Gasteiger charge is -2.04. The Morgan fingerprint density at radius 1 is 1.13 bits per heavy atom. The van der Waals surface area contributed by atoms with E-state index in [2.05, 4.69) is 15.4 Å². The van der Waals surface area contributed by atoms with Crippen LogP contribution in [0.3, 0.4) is 0 Å². The maximum absolute atomic E-state index is 13.0. The number of nitrogens with zero attached hydrogens (tertiary/aromatic N) is 3. The van der Waals surface area contributed by atoms with Crippen LogP contribution in [0.5, 0.6) is 5.75 Å². The highest BCUT2D eigenvalue weighted by molar-refractivity contribution is 7.12. The zero-order valence-electron chi connectivity index (χ0n) is 16.2. The third-order valence-electron chi connectivity index (χ3n) is 4.32. The first kappa shape index (κ1) is 19.8. The van der Waals surface area contributed by atoms with E-state index < -0.39 is 0 Å². The fraction of sp³-hybridized carbons (Fsp3) is 0.136. The molecule has 0 bridgehead atoms. The van der Waals surface area contributed by atoms with Gasteiger partial charge >= 0.3 is 0 Å². The summed E-state index contributed by atoms with van der Waals surface area (Å²) in [7, 11) is 0. The van der Waals surface area contributed by atoms with E-state index in [1.54, 1.807) is 22.9 Å². The predicted molar refractivity (Wildman–Crippen MR) is 113 cm³/mol. The fourth-order valence-electron chi connectivity index (χ4n) is 2.74. The molecule has 0 aliphatic carbocycles. The van der Waals surface area contributed by atoms with Crippen LogP contribution in [0.15, 0.2) is 66.3 Å². The lowest BCUT2D eigenvalue weighted by atomic mass is 10.2. The summed E-state index contributed by atoms with van der Waals surface area (Å²) in [6, 6.07) is 15.8. The second kappa shape index (κ2) is 8.87. The average molecular weight is 422 g/mol. The highest BCUT2D eigenvalue weighted by Gasteiger charge is 2.12. The van der Waals surface area contributed by atoms with Gasteiger partial charge in [-0.2, -0.15) is 0 Å². The van der Waals surface area contributed by atoms with Gasteiger partial charge in [0.1, 0.15) is 24.5 Å². The maximum Gasteiger partial charge on any atom is 0.268 e. The number of hydrogen-bond donors (Lipinski definition) is 1. The molecule has 2 heterocycles. The van der Waals surface area contributed by atoms with E-state index >= 15 is 0 Å².